The van der Waals surface area contributed by atoms with Gasteiger partial charge in [0.2, 0.25) is 0 Å². The average molecular weight is 272 g/mol. The number of nitrogens with one attached hydrogen (secondary N) is 1. The summed E-state index contributed by atoms with van der Waals surface area (Å²) in [6, 6.07) is 10.3. The van der Waals surface area contributed by atoms with Gasteiger partial charge < -0.3 is 15.0 Å². The van der Waals surface area contributed by atoms with E-state index in [4.69, 9.17) is 4.74 Å². The lowest BCUT2D eigenvalue weighted by molar-refractivity contribution is 0.300. The lowest BCUT2D eigenvalue weighted by atomic mass is 10.2. The first-order valence-electron chi connectivity index (χ1n) is 6.98. The smallest absolute Gasteiger partial charge is 0.132 e. The van der Waals surface area contributed by atoms with Gasteiger partial charge in [0.25, 0.3) is 0 Å². The summed E-state index contributed by atoms with van der Waals surface area (Å²) in [4.78, 5) is 2.38. The van der Waals surface area contributed by atoms with Crippen molar-refractivity contribution in [2.75, 3.05) is 31.1 Å². The van der Waals surface area contributed by atoms with Gasteiger partial charge in [-0.15, -0.1) is 0 Å². The monoisotopic (exact) mass is 272 g/mol. The Bertz CT molecular complexity index is 561. The molecule has 20 heavy (non-hydrogen) atoms. The molecule has 3 rings (SSSR count). The highest BCUT2D eigenvalue weighted by Gasteiger charge is 2.10. The van der Waals surface area contributed by atoms with Crippen LogP contribution in [-0.4, -0.2) is 36.0 Å². The summed E-state index contributed by atoms with van der Waals surface area (Å²) >= 11 is 0. The van der Waals surface area contributed by atoms with Crippen molar-refractivity contribution in [2.45, 2.75) is 6.61 Å². The van der Waals surface area contributed by atoms with E-state index in [1.54, 1.807) is 4.68 Å². The number of nitrogens with zero attached hydrogens (tertiary/aromatic N) is 3. The predicted octanol–water partition coefficient (Wildman–Crippen LogP) is 1.41. The second-order valence-corrected chi connectivity index (χ2v) is 5.00. The topological polar surface area (TPSA) is 42.3 Å². The Morgan fingerprint density at radius 1 is 1.25 bits per heavy atom. The molecule has 5 heteroatoms. The Kier molecular flexibility index (Phi) is 3.87. The van der Waals surface area contributed by atoms with Crippen LogP contribution in [0.15, 0.2) is 36.5 Å². The molecule has 0 amide bonds. The maximum absolute atomic E-state index is 5.82. The van der Waals surface area contributed by atoms with Crippen LogP contribution in [0.5, 0.6) is 5.75 Å². The number of hydrogen-bond acceptors (Lipinski definition) is 4. The molecule has 1 aliphatic heterocycles. The molecule has 0 spiro atoms. The van der Waals surface area contributed by atoms with Crippen LogP contribution in [0.2, 0.25) is 0 Å². The summed E-state index contributed by atoms with van der Waals surface area (Å²) in [6.45, 7) is 4.68. The zero-order chi connectivity index (χ0) is 13.8. The third kappa shape index (κ3) is 3.11. The highest BCUT2D eigenvalue weighted by molar-refractivity contribution is 5.51. The van der Waals surface area contributed by atoms with Gasteiger partial charge in [0.15, 0.2) is 0 Å². The summed E-state index contributed by atoms with van der Waals surface area (Å²) in [5, 5.41) is 7.68. The van der Waals surface area contributed by atoms with Gasteiger partial charge in [0.1, 0.15) is 12.4 Å². The number of aryl methyl sites for hydroxylation is 1. The minimum absolute atomic E-state index is 0.506. The Morgan fingerprint density at radius 3 is 2.85 bits per heavy atom. The van der Waals surface area contributed by atoms with E-state index in [0.29, 0.717) is 6.61 Å². The van der Waals surface area contributed by atoms with Crippen LogP contribution in [0.1, 0.15) is 5.69 Å². The fourth-order valence-electron chi connectivity index (χ4n) is 2.39. The molecule has 1 saturated heterocycles. The third-order valence-electron chi connectivity index (χ3n) is 3.46. The number of rotatable bonds is 4. The number of hydrogen-bond donors (Lipinski definition) is 1. The maximum Gasteiger partial charge on any atom is 0.132 e. The molecule has 106 valence electrons. The zero-order valence-corrected chi connectivity index (χ0v) is 11.7. The summed E-state index contributed by atoms with van der Waals surface area (Å²) in [5.74, 6) is 0.895. The van der Waals surface area contributed by atoms with Crippen molar-refractivity contribution in [3.63, 3.8) is 0 Å². The van der Waals surface area contributed by atoms with Crippen molar-refractivity contribution >= 4 is 5.69 Å². The van der Waals surface area contributed by atoms with Crippen LogP contribution >= 0.6 is 0 Å². The molecule has 0 atom stereocenters. The molecule has 2 heterocycles. The Labute approximate surface area is 119 Å². The van der Waals surface area contributed by atoms with Crippen molar-refractivity contribution in [1.82, 2.24) is 15.1 Å². The fourth-order valence-corrected chi connectivity index (χ4v) is 2.39. The van der Waals surface area contributed by atoms with Crippen LogP contribution in [0, 0.1) is 0 Å². The highest BCUT2D eigenvalue weighted by Crippen LogP contribution is 2.22. The van der Waals surface area contributed by atoms with Crippen LogP contribution in [0.4, 0.5) is 5.69 Å². The average Bonchev–Trinajstić information content (AvgIpc) is 2.92. The van der Waals surface area contributed by atoms with Gasteiger partial charge in [0, 0.05) is 51.2 Å². The molecule has 0 unspecified atom stereocenters. The van der Waals surface area contributed by atoms with E-state index in [9.17, 15) is 0 Å². The lowest BCUT2D eigenvalue weighted by Gasteiger charge is -2.29. The molecular weight excluding hydrogens is 252 g/mol. The van der Waals surface area contributed by atoms with E-state index in [1.165, 1.54) is 5.69 Å². The van der Waals surface area contributed by atoms with E-state index in [2.05, 4.69) is 27.4 Å². The lowest BCUT2D eigenvalue weighted by Crippen LogP contribution is -2.43. The highest BCUT2D eigenvalue weighted by atomic mass is 16.5. The minimum Gasteiger partial charge on any atom is -0.487 e. The first kappa shape index (κ1) is 13.0. The Balaban J connectivity index is 1.64. The van der Waals surface area contributed by atoms with Gasteiger partial charge in [-0.2, -0.15) is 5.10 Å². The van der Waals surface area contributed by atoms with Crippen molar-refractivity contribution in [2.24, 2.45) is 7.05 Å². The molecule has 1 aliphatic rings. The quantitative estimate of drug-likeness (QED) is 0.914. The maximum atomic E-state index is 5.82. The van der Waals surface area contributed by atoms with E-state index in [-0.39, 0.29) is 0 Å². The first-order chi connectivity index (χ1) is 9.81. The van der Waals surface area contributed by atoms with Crippen LogP contribution in [0.25, 0.3) is 0 Å². The molecule has 1 N–H and O–H groups in total. The number of ether oxygens (including phenoxy) is 1. The second-order valence-electron chi connectivity index (χ2n) is 5.00. The molecule has 0 saturated carbocycles. The molecule has 1 aromatic carbocycles. The molecule has 0 radical (unpaired) electrons. The largest absolute Gasteiger partial charge is 0.487 e. The van der Waals surface area contributed by atoms with Gasteiger partial charge in [-0.3, -0.25) is 4.68 Å². The fraction of sp³-hybridized carbons (Fsp3) is 0.400. The molecule has 0 aliphatic carbocycles. The van der Waals surface area contributed by atoms with E-state index in [0.717, 1.165) is 37.6 Å². The van der Waals surface area contributed by atoms with Gasteiger partial charge in [0.05, 0.1) is 5.69 Å². The minimum atomic E-state index is 0.506. The standard InChI is InChI=1S/C15H20N4O/c1-18-8-5-13(17-18)12-20-15-4-2-3-14(11-15)19-9-6-16-7-10-19/h2-5,8,11,16H,6-7,9-10,12H2,1H3. The van der Waals surface area contributed by atoms with Crippen molar-refractivity contribution in [3.8, 4) is 5.75 Å². The summed E-state index contributed by atoms with van der Waals surface area (Å²) in [6.07, 6.45) is 1.93. The van der Waals surface area contributed by atoms with E-state index in [1.807, 2.05) is 31.4 Å². The summed E-state index contributed by atoms with van der Waals surface area (Å²) < 4.78 is 7.61. The molecule has 1 aromatic heterocycles. The third-order valence-corrected chi connectivity index (χ3v) is 3.46. The summed E-state index contributed by atoms with van der Waals surface area (Å²) in [7, 11) is 1.91. The van der Waals surface area contributed by atoms with Crippen LogP contribution < -0.4 is 15.0 Å². The predicted molar refractivity (Wildman–Crippen MR) is 79.1 cm³/mol. The zero-order valence-electron chi connectivity index (χ0n) is 11.7. The SMILES string of the molecule is Cn1ccc(COc2cccc(N3CCNCC3)c2)n1. The number of piperazine rings is 1. The molecule has 5 nitrogen and oxygen atoms in total. The van der Waals surface area contributed by atoms with Gasteiger partial charge >= 0.3 is 0 Å². The second kappa shape index (κ2) is 5.96. The van der Waals surface area contributed by atoms with Gasteiger partial charge in [-0.25, -0.2) is 0 Å². The number of aromatic nitrogens is 2. The molecule has 1 fully saturated rings. The number of anilines is 1. The van der Waals surface area contributed by atoms with E-state index >= 15 is 0 Å². The Morgan fingerprint density at radius 2 is 2.10 bits per heavy atom. The van der Waals surface area contributed by atoms with Crippen molar-refractivity contribution in [1.29, 1.82) is 0 Å². The Hall–Kier alpha value is -2.01. The van der Waals surface area contributed by atoms with Gasteiger partial charge in [-0.05, 0) is 18.2 Å². The van der Waals surface area contributed by atoms with E-state index < -0.39 is 0 Å². The van der Waals surface area contributed by atoms with Crippen LogP contribution in [0.3, 0.4) is 0 Å². The molecular formula is C15H20N4O. The molecule has 2 aromatic rings. The van der Waals surface area contributed by atoms with Crippen LogP contribution in [-0.2, 0) is 13.7 Å². The number of benzene rings is 1. The normalized spacial score (nSPS) is 15.3. The summed E-state index contributed by atoms with van der Waals surface area (Å²) in [5.41, 5.74) is 2.17. The first-order valence-corrected chi connectivity index (χ1v) is 6.98. The van der Waals surface area contributed by atoms with Gasteiger partial charge in [-0.1, -0.05) is 6.07 Å². The molecule has 0 bridgehead atoms. The van der Waals surface area contributed by atoms with Crippen molar-refractivity contribution in [3.05, 3.63) is 42.2 Å². The van der Waals surface area contributed by atoms with Crippen molar-refractivity contribution < 1.29 is 4.74 Å².